The van der Waals surface area contributed by atoms with Crippen molar-refractivity contribution in [2.75, 3.05) is 65.9 Å². The maximum absolute atomic E-state index is 5.52. The van der Waals surface area contributed by atoms with Crippen LogP contribution in [0, 0.1) is 0 Å². The zero-order valence-electron chi connectivity index (χ0n) is 17.7. The lowest BCUT2D eigenvalue weighted by atomic mass is 10.2. The van der Waals surface area contributed by atoms with Crippen molar-refractivity contribution in [1.29, 1.82) is 0 Å². The van der Waals surface area contributed by atoms with E-state index >= 15 is 0 Å². The summed E-state index contributed by atoms with van der Waals surface area (Å²) in [5.41, 5.74) is 1.16. The molecular weight excluding hydrogens is 497 g/mol. The third-order valence-electron chi connectivity index (χ3n) is 5.17. The largest absolute Gasteiger partial charge is 0.495 e. The van der Waals surface area contributed by atoms with Crippen molar-refractivity contribution < 1.29 is 4.74 Å². The van der Waals surface area contributed by atoms with Gasteiger partial charge >= 0.3 is 0 Å². The number of aliphatic imine (C=N–C) groups is 1. The van der Waals surface area contributed by atoms with Crippen molar-refractivity contribution in [3.05, 3.63) is 46.7 Å². The zero-order valence-corrected chi connectivity index (χ0v) is 20.8. The van der Waals surface area contributed by atoms with E-state index < -0.39 is 0 Å². The Morgan fingerprint density at radius 1 is 1.17 bits per heavy atom. The summed E-state index contributed by atoms with van der Waals surface area (Å²) in [4.78, 5) is 12.9. The van der Waals surface area contributed by atoms with Gasteiger partial charge in [0.1, 0.15) is 5.75 Å². The molecule has 1 aliphatic rings. The Morgan fingerprint density at radius 2 is 1.90 bits per heavy atom. The molecular formula is C21H32IN5OS. The second kappa shape index (κ2) is 11.6. The molecule has 1 saturated heterocycles. The molecule has 0 aliphatic carbocycles. The van der Waals surface area contributed by atoms with Crippen LogP contribution >= 0.6 is 35.3 Å². The van der Waals surface area contributed by atoms with Crippen LogP contribution in [0.25, 0.3) is 0 Å². The van der Waals surface area contributed by atoms with Gasteiger partial charge in [0.25, 0.3) is 0 Å². The highest BCUT2D eigenvalue weighted by Crippen LogP contribution is 2.28. The molecule has 1 aliphatic heterocycles. The lowest BCUT2D eigenvalue weighted by Gasteiger charge is -2.38. The van der Waals surface area contributed by atoms with Gasteiger partial charge in [0.05, 0.1) is 18.8 Å². The molecule has 2 heterocycles. The van der Waals surface area contributed by atoms with Gasteiger partial charge in [-0.2, -0.15) is 0 Å². The number of methoxy groups -OCH3 is 1. The Labute approximate surface area is 195 Å². The van der Waals surface area contributed by atoms with Crippen molar-refractivity contribution in [1.82, 2.24) is 15.1 Å². The number of nitrogens with one attached hydrogen (secondary N) is 1. The second-order valence-electron chi connectivity index (χ2n) is 7.07. The van der Waals surface area contributed by atoms with Gasteiger partial charge in [-0.25, -0.2) is 0 Å². The van der Waals surface area contributed by atoms with E-state index in [1.165, 1.54) is 4.88 Å². The molecule has 0 spiro atoms. The molecule has 1 aromatic carbocycles. The maximum Gasteiger partial charge on any atom is 0.193 e. The third-order valence-corrected chi connectivity index (χ3v) is 6.14. The van der Waals surface area contributed by atoms with Crippen LogP contribution in [-0.4, -0.2) is 76.7 Å². The molecule has 0 amide bonds. The van der Waals surface area contributed by atoms with Gasteiger partial charge in [-0.05, 0) is 37.7 Å². The van der Waals surface area contributed by atoms with Crippen LogP contribution in [0.3, 0.4) is 0 Å². The lowest BCUT2D eigenvalue weighted by Crippen LogP contribution is -2.53. The van der Waals surface area contributed by atoms with Gasteiger partial charge in [0.15, 0.2) is 5.96 Å². The Bertz CT molecular complexity index is 760. The standard InChI is InChI=1S/C21H31N5OS.HI/c1-22-21(23-16-18(24(2)3)20-10-7-15-28-20)26-13-11-25(12-14-26)17-8-5-6-9-19(17)27-4;/h5-10,15,18H,11-14,16H2,1-4H3,(H,22,23);1H. The van der Waals surface area contributed by atoms with Gasteiger partial charge in [0.2, 0.25) is 0 Å². The van der Waals surface area contributed by atoms with E-state index in [2.05, 4.69) is 68.7 Å². The number of anilines is 1. The highest BCUT2D eigenvalue weighted by molar-refractivity contribution is 14.0. The van der Waals surface area contributed by atoms with Gasteiger partial charge in [0, 0.05) is 44.6 Å². The molecule has 1 fully saturated rings. The number of hydrogen-bond donors (Lipinski definition) is 1. The molecule has 1 unspecified atom stereocenters. The van der Waals surface area contributed by atoms with E-state index in [-0.39, 0.29) is 24.0 Å². The molecule has 3 rings (SSSR count). The molecule has 0 saturated carbocycles. The Balaban J connectivity index is 0.00000300. The molecule has 8 heteroatoms. The van der Waals surface area contributed by atoms with Crippen molar-refractivity contribution in [3.8, 4) is 5.75 Å². The molecule has 2 aromatic rings. The molecule has 1 atom stereocenters. The first-order valence-electron chi connectivity index (χ1n) is 9.67. The Morgan fingerprint density at radius 3 is 2.48 bits per heavy atom. The normalized spacial score (nSPS) is 15.8. The number of guanidine groups is 1. The van der Waals surface area contributed by atoms with Crippen LogP contribution in [0.4, 0.5) is 5.69 Å². The average Bonchev–Trinajstić information content (AvgIpc) is 3.25. The van der Waals surface area contributed by atoms with E-state index in [9.17, 15) is 0 Å². The minimum atomic E-state index is 0. The molecule has 1 N–H and O–H groups in total. The summed E-state index contributed by atoms with van der Waals surface area (Å²) in [7, 11) is 7.85. The minimum Gasteiger partial charge on any atom is -0.495 e. The number of ether oxygens (including phenoxy) is 1. The van der Waals surface area contributed by atoms with Crippen molar-refractivity contribution in [2.45, 2.75) is 6.04 Å². The van der Waals surface area contributed by atoms with Crippen LogP contribution in [0.5, 0.6) is 5.75 Å². The van der Waals surface area contributed by atoms with Crippen LogP contribution < -0.4 is 15.0 Å². The fourth-order valence-electron chi connectivity index (χ4n) is 3.59. The summed E-state index contributed by atoms with van der Waals surface area (Å²) < 4.78 is 5.52. The van der Waals surface area contributed by atoms with Crippen molar-refractivity contribution >= 4 is 47.0 Å². The highest BCUT2D eigenvalue weighted by atomic mass is 127. The first-order chi connectivity index (χ1) is 13.6. The summed E-state index contributed by atoms with van der Waals surface area (Å²) in [6, 6.07) is 12.9. The zero-order chi connectivity index (χ0) is 19.9. The lowest BCUT2D eigenvalue weighted by molar-refractivity contribution is 0.296. The van der Waals surface area contributed by atoms with Crippen LogP contribution in [0.1, 0.15) is 10.9 Å². The monoisotopic (exact) mass is 529 g/mol. The van der Waals surface area contributed by atoms with E-state index in [4.69, 9.17) is 4.74 Å². The molecule has 1 aromatic heterocycles. The number of thiophene rings is 1. The van der Waals surface area contributed by atoms with Crippen LogP contribution in [0.15, 0.2) is 46.8 Å². The van der Waals surface area contributed by atoms with Gasteiger partial charge in [-0.15, -0.1) is 35.3 Å². The predicted molar refractivity (Wildman–Crippen MR) is 134 cm³/mol. The summed E-state index contributed by atoms with van der Waals surface area (Å²) in [5.74, 6) is 1.91. The smallest absolute Gasteiger partial charge is 0.193 e. The summed E-state index contributed by atoms with van der Waals surface area (Å²) >= 11 is 1.80. The van der Waals surface area contributed by atoms with E-state index in [0.29, 0.717) is 6.04 Å². The highest BCUT2D eigenvalue weighted by Gasteiger charge is 2.23. The number of nitrogens with zero attached hydrogens (tertiary/aromatic N) is 4. The van der Waals surface area contributed by atoms with E-state index in [1.54, 1.807) is 18.4 Å². The second-order valence-corrected chi connectivity index (χ2v) is 8.05. The Kier molecular flexibility index (Phi) is 9.51. The number of rotatable bonds is 6. The van der Waals surface area contributed by atoms with Crippen LogP contribution in [-0.2, 0) is 0 Å². The summed E-state index contributed by atoms with van der Waals surface area (Å²) in [5, 5.41) is 5.72. The topological polar surface area (TPSA) is 43.3 Å². The Hall–Kier alpha value is -1.52. The first-order valence-corrected chi connectivity index (χ1v) is 10.6. The third kappa shape index (κ3) is 5.99. The van der Waals surface area contributed by atoms with E-state index in [1.807, 2.05) is 19.2 Å². The number of piperazine rings is 1. The number of hydrogen-bond acceptors (Lipinski definition) is 5. The molecule has 6 nitrogen and oxygen atoms in total. The van der Waals surface area contributed by atoms with Gasteiger partial charge in [-0.3, -0.25) is 4.99 Å². The number of benzene rings is 1. The molecule has 0 radical (unpaired) electrons. The van der Waals surface area contributed by atoms with Crippen molar-refractivity contribution in [3.63, 3.8) is 0 Å². The number of halogens is 1. The number of likely N-dealkylation sites (N-methyl/N-ethyl adjacent to an activating group) is 1. The fraction of sp³-hybridized carbons (Fsp3) is 0.476. The first kappa shape index (κ1) is 23.8. The summed E-state index contributed by atoms with van der Waals surface area (Å²) in [6.45, 7) is 4.60. The maximum atomic E-state index is 5.52. The summed E-state index contributed by atoms with van der Waals surface area (Å²) in [6.07, 6.45) is 0. The van der Waals surface area contributed by atoms with E-state index in [0.717, 1.165) is 50.1 Å². The molecule has 0 bridgehead atoms. The van der Waals surface area contributed by atoms with Gasteiger partial charge in [-0.1, -0.05) is 18.2 Å². The number of para-hydroxylation sites is 2. The molecule has 29 heavy (non-hydrogen) atoms. The fourth-order valence-corrected chi connectivity index (χ4v) is 4.51. The molecule has 160 valence electrons. The quantitative estimate of drug-likeness (QED) is 0.353. The average molecular weight is 529 g/mol. The van der Waals surface area contributed by atoms with Crippen molar-refractivity contribution in [2.24, 2.45) is 4.99 Å². The van der Waals surface area contributed by atoms with Gasteiger partial charge < -0.3 is 24.8 Å². The minimum absolute atomic E-state index is 0. The predicted octanol–water partition coefficient (Wildman–Crippen LogP) is 3.38. The van der Waals surface area contributed by atoms with Crippen LogP contribution in [0.2, 0.25) is 0 Å². The SMILES string of the molecule is CN=C(NCC(c1cccs1)N(C)C)N1CCN(c2ccccc2OC)CC1.I.